The van der Waals surface area contributed by atoms with Crippen LogP contribution in [0.25, 0.3) is 0 Å². The van der Waals surface area contributed by atoms with Gasteiger partial charge in [0.1, 0.15) is 0 Å². The number of halogens is 2. The summed E-state index contributed by atoms with van der Waals surface area (Å²) in [5.41, 5.74) is 0.0244. The van der Waals surface area contributed by atoms with Gasteiger partial charge in [0.15, 0.2) is 11.6 Å². The van der Waals surface area contributed by atoms with Gasteiger partial charge in [0.2, 0.25) is 10.0 Å². The highest BCUT2D eigenvalue weighted by Crippen LogP contribution is 2.20. The molecule has 0 aromatic heterocycles. The minimum Gasteiger partial charge on any atom is -0.280 e. The van der Waals surface area contributed by atoms with Crippen molar-refractivity contribution in [3.63, 3.8) is 0 Å². The minimum absolute atomic E-state index is 0.211. The maximum atomic E-state index is 13.5. The molecule has 1 N–H and O–H groups in total. The molecule has 0 spiro atoms. The molecule has 108 valence electrons. The SMILES string of the molecule is N#Cc1ccccc1CS(=O)(=O)Nc1cccc(F)c1F. The van der Waals surface area contributed by atoms with Gasteiger partial charge in [-0.25, -0.2) is 17.2 Å². The predicted molar refractivity (Wildman–Crippen MR) is 73.8 cm³/mol. The largest absolute Gasteiger partial charge is 0.280 e. The summed E-state index contributed by atoms with van der Waals surface area (Å²) < 4.78 is 52.5. The van der Waals surface area contributed by atoms with Crippen molar-refractivity contribution in [2.45, 2.75) is 5.75 Å². The Kier molecular flexibility index (Phi) is 4.19. The summed E-state index contributed by atoms with van der Waals surface area (Å²) in [5, 5.41) is 8.91. The molecule has 0 unspecified atom stereocenters. The third kappa shape index (κ3) is 3.55. The number of nitrogens with one attached hydrogen (secondary N) is 1. The number of hydrogen-bond acceptors (Lipinski definition) is 3. The molecule has 0 saturated heterocycles. The molecule has 0 aliphatic carbocycles. The van der Waals surface area contributed by atoms with Gasteiger partial charge >= 0.3 is 0 Å². The number of anilines is 1. The number of nitrogens with zero attached hydrogens (tertiary/aromatic N) is 1. The second-order valence-electron chi connectivity index (χ2n) is 4.23. The van der Waals surface area contributed by atoms with Crippen LogP contribution in [-0.4, -0.2) is 8.42 Å². The maximum Gasteiger partial charge on any atom is 0.237 e. The third-order valence-electron chi connectivity index (χ3n) is 2.70. The lowest BCUT2D eigenvalue weighted by atomic mass is 10.1. The van der Waals surface area contributed by atoms with E-state index >= 15 is 0 Å². The highest BCUT2D eigenvalue weighted by molar-refractivity contribution is 7.91. The van der Waals surface area contributed by atoms with Crippen LogP contribution < -0.4 is 4.72 Å². The Morgan fingerprint density at radius 2 is 1.81 bits per heavy atom. The van der Waals surface area contributed by atoms with Crippen LogP contribution in [0.2, 0.25) is 0 Å². The van der Waals surface area contributed by atoms with Crippen molar-refractivity contribution < 1.29 is 17.2 Å². The summed E-state index contributed by atoms with van der Waals surface area (Å²) in [5.74, 6) is -2.92. The van der Waals surface area contributed by atoms with Gasteiger partial charge in [-0.15, -0.1) is 0 Å². The predicted octanol–water partition coefficient (Wildman–Crippen LogP) is 2.78. The molecule has 0 aliphatic rings. The maximum absolute atomic E-state index is 13.5. The van der Waals surface area contributed by atoms with Crippen molar-refractivity contribution in [2.75, 3.05) is 4.72 Å². The van der Waals surface area contributed by atoms with Crippen molar-refractivity contribution >= 4 is 15.7 Å². The highest BCUT2D eigenvalue weighted by atomic mass is 32.2. The highest BCUT2D eigenvalue weighted by Gasteiger charge is 2.17. The van der Waals surface area contributed by atoms with E-state index in [1.54, 1.807) is 12.1 Å². The molecule has 0 saturated carbocycles. The quantitative estimate of drug-likeness (QED) is 0.944. The van der Waals surface area contributed by atoms with Crippen molar-refractivity contribution in [3.05, 3.63) is 65.2 Å². The topological polar surface area (TPSA) is 70.0 Å². The Morgan fingerprint density at radius 1 is 1.10 bits per heavy atom. The first-order valence-electron chi connectivity index (χ1n) is 5.85. The first-order valence-corrected chi connectivity index (χ1v) is 7.50. The Morgan fingerprint density at radius 3 is 2.52 bits per heavy atom. The Bertz CT molecular complexity index is 814. The van der Waals surface area contributed by atoms with Crippen molar-refractivity contribution in [1.29, 1.82) is 5.26 Å². The fraction of sp³-hybridized carbons (Fsp3) is 0.0714. The van der Waals surface area contributed by atoms with E-state index < -0.39 is 33.1 Å². The third-order valence-corrected chi connectivity index (χ3v) is 3.92. The van der Waals surface area contributed by atoms with Gasteiger partial charge in [0, 0.05) is 0 Å². The smallest absolute Gasteiger partial charge is 0.237 e. The molecular formula is C14H10F2N2O2S. The van der Waals surface area contributed by atoms with Crippen molar-refractivity contribution in [3.8, 4) is 6.07 Å². The number of nitriles is 1. The summed E-state index contributed by atoms with van der Waals surface area (Å²) in [6.45, 7) is 0. The second kappa shape index (κ2) is 5.89. The molecule has 4 nitrogen and oxygen atoms in total. The van der Waals surface area contributed by atoms with E-state index in [0.717, 1.165) is 12.1 Å². The number of sulfonamides is 1. The standard InChI is InChI=1S/C14H10F2N2O2S/c15-12-6-3-7-13(14(12)16)18-21(19,20)9-11-5-2-1-4-10(11)8-17/h1-7,18H,9H2. The number of hydrogen-bond donors (Lipinski definition) is 1. The summed E-state index contributed by atoms with van der Waals surface area (Å²) in [7, 11) is -3.97. The van der Waals surface area contributed by atoms with E-state index in [4.69, 9.17) is 5.26 Å². The van der Waals surface area contributed by atoms with E-state index in [9.17, 15) is 17.2 Å². The van der Waals surface area contributed by atoms with Crippen LogP contribution in [0, 0.1) is 23.0 Å². The molecule has 0 atom stereocenters. The molecular weight excluding hydrogens is 298 g/mol. The van der Waals surface area contributed by atoms with Crippen LogP contribution >= 0.6 is 0 Å². The van der Waals surface area contributed by atoms with Crippen LogP contribution in [0.4, 0.5) is 14.5 Å². The minimum atomic E-state index is -3.97. The van der Waals surface area contributed by atoms with E-state index in [1.165, 1.54) is 18.2 Å². The van der Waals surface area contributed by atoms with Gasteiger partial charge in [-0.3, -0.25) is 4.72 Å². The first-order chi connectivity index (χ1) is 9.93. The molecule has 21 heavy (non-hydrogen) atoms. The number of rotatable bonds is 4. The first kappa shape index (κ1) is 14.9. The average molecular weight is 308 g/mol. The van der Waals surface area contributed by atoms with Crippen LogP contribution in [-0.2, 0) is 15.8 Å². The number of benzene rings is 2. The van der Waals surface area contributed by atoms with Gasteiger partial charge in [0.05, 0.1) is 23.1 Å². The summed E-state index contributed by atoms with van der Waals surface area (Å²) in [6, 6.07) is 11.2. The van der Waals surface area contributed by atoms with E-state index in [0.29, 0.717) is 0 Å². The van der Waals surface area contributed by atoms with Crippen LogP contribution in [0.3, 0.4) is 0 Å². The van der Waals surface area contributed by atoms with E-state index in [1.807, 2.05) is 10.8 Å². The van der Waals surface area contributed by atoms with Gasteiger partial charge in [0.25, 0.3) is 0 Å². The van der Waals surface area contributed by atoms with Gasteiger partial charge < -0.3 is 0 Å². The average Bonchev–Trinajstić information content (AvgIpc) is 2.44. The van der Waals surface area contributed by atoms with Crippen LogP contribution in [0.1, 0.15) is 11.1 Å². The van der Waals surface area contributed by atoms with E-state index in [2.05, 4.69) is 0 Å². The Balaban J connectivity index is 2.28. The van der Waals surface area contributed by atoms with Gasteiger partial charge in [-0.05, 0) is 23.8 Å². The summed E-state index contributed by atoms with van der Waals surface area (Å²) >= 11 is 0. The zero-order valence-electron chi connectivity index (χ0n) is 10.7. The molecule has 0 radical (unpaired) electrons. The van der Waals surface area contributed by atoms with Crippen LogP contribution in [0.5, 0.6) is 0 Å². The second-order valence-corrected chi connectivity index (χ2v) is 5.95. The lowest BCUT2D eigenvalue weighted by Gasteiger charge is -2.10. The van der Waals surface area contributed by atoms with Crippen molar-refractivity contribution in [1.82, 2.24) is 0 Å². The molecule has 0 bridgehead atoms. The fourth-order valence-electron chi connectivity index (χ4n) is 1.75. The zero-order chi connectivity index (χ0) is 15.5. The molecule has 0 fully saturated rings. The Labute approximate surface area is 120 Å². The van der Waals surface area contributed by atoms with Crippen LogP contribution in [0.15, 0.2) is 42.5 Å². The molecule has 2 aromatic carbocycles. The normalized spacial score (nSPS) is 10.9. The fourth-order valence-corrected chi connectivity index (χ4v) is 2.97. The summed E-state index contributed by atoms with van der Waals surface area (Å²) in [4.78, 5) is 0. The zero-order valence-corrected chi connectivity index (χ0v) is 11.5. The lowest BCUT2D eigenvalue weighted by Crippen LogP contribution is -2.17. The lowest BCUT2D eigenvalue weighted by molar-refractivity contribution is 0.511. The van der Waals surface area contributed by atoms with E-state index in [-0.39, 0.29) is 11.1 Å². The molecule has 7 heteroatoms. The monoisotopic (exact) mass is 308 g/mol. The molecule has 0 amide bonds. The summed E-state index contributed by atoms with van der Waals surface area (Å²) in [6.07, 6.45) is 0. The van der Waals surface area contributed by atoms with Gasteiger partial charge in [-0.1, -0.05) is 24.3 Å². The van der Waals surface area contributed by atoms with Gasteiger partial charge in [-0.2, -0.15) is 5.26 Å². The molecule has 2 aromatic rings. The molecule has 0 aliphatic heterocycles. The Hall–Kier alpha value is -2.46. The van der Waals surface area contributed by atoms with Crippen molar-refractivity contribution in [2.24, 2.45) is 0 Å². The molecule has 2 rings (SSSR count). The molecule has 0 heterocycles.